The lowest BCUT2D eigenvalue weighted by Gasteiger charge is -2.14. The van der Waals surface area contributed by atoms with E-state index in [1.165, 1.54) is 7.11 Å². The Morgan fingerprint density at radius 2 is 1.80 bits per heavy atom. The number of esters is 1. The Kier molecular flexibility index (Phi) is 3.67. The first-order chi connectivity index (χ1) is 9.36. The second-order valence-electron chi connectivity index (χ2n) is 4.44. The number of carbonyl (C=O) groups excluding carboxylic acids is 1. The lowest BCUT2D eigenvalue weighted by Crippen LogP contribution is -2.12. The summed E-state index contributed by atoms with van der Waals surface area (Å²) in [5.74, 6) is -0.550. The van der Waals surface area contributed by atoms with E-state index in [0.717, 1.165) is 6.26 Å². The number of nitrogens with zero attached hydrogens (tertiary/aromatic N) is 1. The van der Waals surface area contributed by atoms with Crippen molar-refractivity contribution in [3.8, 4) is 5.69 Å². The smallest absolute Gasteiger partial charge is 0.338 e. The van der Waals surface area contributed by atoms with Crippen molar-refractivity contribution in [1.29, 1.82) is 0 Å². The summed E-state index contributed by atoms with van der Waals surface area (Å²) in [7, 11) is -2.22. The van der Waals surface area contributed by atoms with Gasteiger partial charge in [0.1, 0.15) is 0 Å². The Bertz CT molecular complexity index is 746. The minimum atomic E-state index is -3.48. The fourth-order valence-corrected chi connectivity index (χ4v) is 3.39. The fraction of sp³-hybridized carbons (Fsp3) is 0.214. The third-order valence-corrected chi connectivity index (χ3v) is 4.30. The number of rotatable bonds is 3. The molecule has 1 aromatic carbocycles. The molecule has 20 heavy (non-hydrogen) atoms. The SMILES string of the molecule is COC(=O)c1ccc(-n2cccc2)c(S(C)(=O)=O)c1C. The van der Waals surface area contributed by atoms with Gasteiger partial charge in [-0.3, -0.25) is 0 Å². The minimum absolute atomic E-state index is 0.136. The number of carbonyl (C=O) groups is 1. The first-order valence-corrected chi connectivity index (χ1v) is 7.80. The highest BCUT2D eigenvalue weighted by atomic mass is 32.2. The number of hydrogen-bond acceptors (Lipinski definition) is 4. The van der Waals surface area contributed by atoms with Crippen LogP contribution in [0.3, 0.4) is 0 Å². The summed E-state index contributed by atoms with van der Waals surface area (Å²) in [5.41, 5.74) is 1.16. The molecule has 6 heteroatoms. The maximum Gasteiger partial charge on any atom is 0.338 e. The predicted octanol–water partition coefficient (Wildman–Crippen LogP) is 1.98. The Morgan fingerprint density at radius 1 is 1.20 bits per heavy atom. The van der Waals surface area contributed by atoms with Crippen LogP contribution in [0.5, 0.6) is 0 Å². The first-order valence-electron chi connectivity index (χ1n) is 5.91. The van der Waals surface area contributed by atoms with E-state index in [1.807, 2.05) is 0 Å². The summed E-state index contributed by atoms with van der Waals surface area (Å²) in [6.07, 6.45) is 4.63. The maximum atomic E-state index is 12.1. The number of methoxy groups -OCH3 is 1. The zero-order valence-electron chi connectivity index (χ0n) is 11.5. The van der Waals surface area contributed by atoms with E-state index in [4.69, 9.17) is 0 Å². The number of sulfone groups is 1. The molecule has 0 spiro atoms. The van der Waals surface area contributed by atoms with Gasteiger partial charge in [0, 0.05) is 18.6 Å². The van der Waals surface area contributed by atoms with Gasteiger partial charge in [-0.05, 0) is 36.8 Å². The van der Waals surface area contributed by atoms with E-state index in [9.17, 15) is 13.2 Å². The van der Waals surface area contributed by atoms with E-state index in [0.29, 0.717) is 11.3 Å². The van der Waals surface area contributed by atoms with Crippen LogP contribution in [0.1, 0.15) is 15.9 Å². The van der Waals surface area contributed by atoms with Crippen molar-refractivity contribution in [3.63, 3.8) is 0 Å². The van der Waals surface area contributed by atoms with Crippen LogP contribution in [0.25, 0.3) is 5.69 Å². The Balaban J connectivity index is 2.79. The topological polar surface area (TPSA) is 65.4 Å². The van der Waals surface area contributed by atoms with Crippen molar-refractivity contribution in [3.05, 3.63) is 47.8 Å². The van der Waals surface area contributed by atoms with E-state index >= 15 is 0 Å². The van der Waals surface area contributed by atoms with Crippen LogP contribution in [0.15, 0.2) is 41.6 Å². The molecule has 0 N–H and O–H groups in total. The summed E-state index contributed by atoms with van der Waals surface area (Å²) in [6, 6.07) is 6.78. The van der Waals surface area contributed by atoms with Crippen LogP contribution >= 0.6 is 0 Å². The van der Waals surface area contributed by atoms with Gasteiger partial charge in [0.25, 0.3) is 0 Å². The van der Waals surface area contributed by atoms with E-state index in [2.05, 4.69) is 4.74 Å². The highest BCUT2D eigenvalue weighted by molar-refractivity contribution is 7.90. The highest BCUT2D eigenvalue weighted by Crippen LogP contribution is 2.27. The lowest BCUT2D eigenvalue weighted by atomic mass is 10.1. The zero-order valence-corrected chi connectivity index (χ0v) is 12.3. The second-order valence-corrected chi connectivity index (χ2v) is 6.39. The summed E-state index contributed by atoms with van der Waals surface area (Å²) in [5, 5.41) is 0. The van der Waals surface area contributed by atoms with Crippen LogP contribution in [0.2, 0.25) is 0 Å². The van der Waals surface area contributed by atoms with Crippen LogP contribution in [-0.4, -0.2) is 32.3 Å². The second kappa shape index (κ2) is 5.13. The molecule has 5 nitrogen and oxygen atoms in total. The van der Waals surface area contributed by atoms with Gasteiger partial charge in [0.2, 0.25) is 0 Å². The molecule has 0 aliphatic carbocycles. The van der Waals surface area contributed by atoms with Crippen molar-refractivity contribution in [2.24, 2.45) is 0 Å². The van der Waals surface area contributed by atoms with Gasteiger partial charge >= 0.3 is 5.97 Å². The number of hydrogen-bond donors (Lipinski definition) is 0. The van der Waals surface area contributed by atoms with Gasteiger partial charge in [-0.25, -0.2) is 13.2 Å². The van der Waals surface area contributed by atoms with Crippen LogP contribution in [-0.2, 0) is 14.6 Å². The Morgan fingerprint density at radius 3 is 2.30 bits per heavy atom. The van der Waals surface area contributed by atoms with Crippen LogP contribution in [0.4, 0.5) is 0 Å². The first kappa shape index (κ1) is 14.3. The van der Waals surface area contributed by atoms with E-state index in [1.54, 1.807) is 48.1 Å². The number of benzene rings is 1. The Hall–Kier alpha value is -2.08. The maximum absolute atomic E-state index is 12.1. The van der Waals surface area contributed by atoms with Crippen LogP contribution < -0.4 is 0 Å². The molecule has 1 heterocycles. The van der Waals surface area contributed by atoms with Gasteiger partial charge in [0.05, 0.1) is 23.3 Å². The van der Waals surface area contributed by atoms with E-state index < -0.39 is 15.8 Å². The predicted molar refractivity (Wildman–Crippen MR) is 75.0 cm³/mol. The summed E-state index contributed by atoms with van der Waals surface area (Å²) < 4.78 is 30.5. The minimum Gasteiger partial charge on any atom is -0.465 e. The molecule has 0 fully saturated rings. The Labute approximate surface area is 117 Å². The normalized spacial score (nSPS) is 11.3. The van der Waals surface area contributed by atoms with E-state index in [-0.39, 0.29) is 10.5 Å². The average molecular weight is 293 g/mol. The average Bonchev–Trinajstić information content (AvgIpc) is 2.89. The molecular formula is C14H15NO4S. The van der Waals surface area contributed by atoms with Gasteiger partial charge in [-0.2, -0.15) is 0 Å². The molecule has 0 saturated heterocycles. The number of ether oxygens (including phenoxy) is 1. The summed E-state index contributed by atoms with van der Waals surface area (Å²) in [6.45, 7) is 1.61. The summed E-state index contributed by atoms with van der Waals surface area (Å²) in [4.78, 5) is 11.8. The molecule has 0 atom stereocenters. The molecule has 0 aliphatic heterocycles. The lowest BCUT2D eigenvalue weighted by molar-refractivity contribution is 0.0599. The standard InChI is InChI=1S/C14H15NO4S/c1-10-11(14(16)19-2)6-7-12(13(10)20(3,17)18)15-8-4-5-9-15/h4-9H,1-3H3. The van der Waals surface area contributed by atoms with Gasteiger partial charge in [0.15, 0.2) is 9.84 Å². The molecule has 0 unspecified atom stereocenters. The van der Waals surface area contributed by atoms with Gasteiger partial charge in [-0.15, -0.1) is 0 Å². The number of aromatic nitrogens is 1. The summed E-state index contributed by atoms with van der Waals surface area (Å²) >= 11 is 0. The molecular weight excluding hydrogens is 278 g/mol. The van der Waals surface area contributed by atoms with Crippen molar-refractivity contribution in [2.45, 2.75) is 11.8 Å². The quantitative estimate of drug-likeness (QED) is 0.812. The largest absolute Gasteiger partial charge is 0.465 e. The molecule has 0 radical (unpaired) electrons. The monoisotopic (exact) mass is 293 g/mol. The molecule has 1 aromatic heterocycles. The zero-order chi connectivity index (χ0) is 14.9. The van der Waals surface area contributed by atoms with Crippen molar-refractivity contribution < 1.29 is 17.9 Å². The molecule has 2 aromatic rings. The third kappa shape index (κ3) is 2.46. The highest BCUT2D eigenvalue weighted by Gasteiger charge is 2.22. The molecule has 0 bridgehead atoms. The van der Waals surface area contributed by atoms with Gasteiger partial charge < -0.3 is 9.30 Å². The molecule has 106 valence electrons. The molecule has 0 amide bonds. The molecule has 0 saturated carbocycles. The molecule has 0 aliphatic rings. The third-order valence-electron chi connectivity index (χ3n) is 3.04. The van der Waals surface area contributed by atoms with Gasteiger partial charge in [-0.1, -0.05) is 0 Å². The molecule has 2 rings (SSSR count). The van der Waals surface area contributed by atoms with Crippen molar-refractivity contribution in [2.75, 3.05) is 13.4 Å². The van der Waals surface area contributed by atoms with Crippen molar-refractivity contribution >= 4 is 15.8 Å². The van der Waals surface area contributed by atoms with Crippen LogP contribution in [0, 0.1) is 6.92 Å². The van der Waals surface area contributed by atoms with Crippen molar-refractivity contribution in [1.82, 2.24) is 4.57 Å². The fourth-order valence-electron chi connectivity index (χ4n) is 2.17.